The third kappa shape index (κ3) is 4.56. The molecule has 0 heterocycles. The zero-order valence-corrected chi connectivity index (χ0v) is 11.8. The number of nitriles is 1. The largest absolute Gasteiger partial charge is 0.496 e. The van der Waals surface area contributed by atoms with Crippen LogP contribution in [0.3, 0.4) is 0 Å². The molecule has 0 spiro atoms. The molecular formula is C14H19ClN2O. The van der Waals surface area contributed by atoms with Gasteiger partial charge in [-0.25, -0.2) is 0 Å². The molecule has 0 aliphatic heterocycles. The predicted molar refractivity (Wildman–Crippen MR) is 74.0 cm³/mol. The molecule has 1 aromatic rings. The molecule has 98 valence electrons. The van der Waals surface area contributed by atoms with Gasteiger partial charge in [-0.2, -0.15) is 5.26 Å². The molecule has 1 N–H and O–H groups in total. The number of ether oxygens (including phenoxy) is 1. The highest BCUT2D eigenvalue weighted by Gasteiger charge is 2.15. The van der Waals surface area contributed by atoms with E-state index in [1.54, 1.807) is 7.11 Å². The molecule has 0 saturated carbocycles. The summed E-state index contributed by atoms with van der Waals surface area (Å²) in [6, 6.07) is 7.87. The molecule has 0 aliphatic rings. The van der Waals surface area contributed by atoms with Gasteiger partial charge in [-0.3, -0.25) is 0 Å². The zero-order chi connectivity index (χ0) is 13.6. The van der Waals surface area contributed by atoms with Gasteiger partial charge in [-0.1, -0.05) is 11.6 Å². The third-order valence-corrected chi connectivity index (χ3v) is 2.92. The highest BCUT2D eigenvalue weighted by Crippen LogP contribution is 2.22. The summed E-state index contributed by atoms with van der Waals surface area (Å²) >= 11 is 5.96. The minimum Gasteiger partial charge on any atom is -0.496 e. The first-order chi connectivity index (χ1) is 8.48. The number of methoxy groups -OCH3 is 1. The van der Waals surface area contributed by atoms with Crippen molar-refractivity contribution < 1.29 is 4.74 Å². The van der Waals surface area contributed by atoms with Crippen LogP contribution in [0.5, 0.6) is 5.75 Å². The highest BCUT2D eigenvalue weighted by atomic mass is 35.5. The van der Waals surface area contributed by atoms with E-state index >= 15 is 0 Å². The Hall–Kier alpha value is -1.24. The Morgan fingerprint density at radius 1 is 1.44 bits per heavy atom. The summed E-state index contributed by atoms with van der Waals surface area (Å²) in [6.07, 6.45) is 0.825. The van der Waals surface area contributed by atoms with Gasteiger partial charge in [-0.05, 0) is 50.6 Å². The van der Waals surface area contributed by atoms with Crippen molar-refractivity contribution in [1.29, 1.82) is 5.26 Å². The summed E-state index contributed by atoms with van der Waals surface area (Å²) in [6.45, 7) is 5.30. The van der Waals surface area contributed by atoms with Crippen molar-refractivity contribution in [1.82, 2.24) is 5.32 Å². The molecule has 3 nitrogen and oxygen atoms in total. The quantitative estimate of drug-likeness (QED) is 0.805. The number of nitrogens with one attached hydrogen (secondary N) is 1. The molecule has 18 heavy (non-hydrogen) atoms. The van der Waals surface area contributed by atoms with Gasteiger partial charge in [0.05, 0.1) is 18.6 Å². The molecule has 0 atom stereocenters. The van der Waals surface area contributed by atoms with Crippen LogP contribution in [0.1, 0.15) is 19.4 Å². The number of nitrogens with zero attached hydrogens (tertiary/aromatic N) is 1. The fourth-order valence-corrected chi connectivity index (χ4v) is 1.80. The van der Waals surface area contributed by atoms with Gasteiger partial charge >= 0.3 is 0 Å². The normalized spacial score (nSPS) is 11.1. The lowest BCUT2D eigenvalue weighted by Gasteiger charge is -2.16. The number of hydrogen-bond acceptors (Lipinski definition) is 3. The highest BCUT2D eigenvalue weighted by molar-refractivity contribution is 6.30. The first kappa shape index (κ1) is 14.8. The van der Waals surface area contributed by atoms with Crippen LogP contribution in [0, 0.1) is 16.7 Å². The van der Waals surface area contributed by atoms with Gasteiger partial charge in [0.1, 0.15) is 5.75 Å². The smallest absolute Gasteiger partial charge is 0.122 e. The van der Waals surface area contributed by atoms with Gasteiger partial charge in [-0.15, -0.1) is 0 Å². The number of rotatable bonds is 6. The molecule has 4 heteroatoms. The molecule has 1 rings (SSSR count). The molecule has 0 aromatic heterocycles. The molecule has 0 unspecified atom stereocenters. The molecule has 0 radical (unpaired) electrons. The van der Waals surface area contributed by atoms with E-state index in [1.807, 2.05) is 32.0 Å². The Morgan fingerprint density at radius 2 is 2.17 bits per heavy atom. The SMILES string of the molecule is COc1ccc(Cl)cc1CCNCC(C)(C)C#N. The fraction of sp³-hybridized carbons (Fsp3) is 0.500. The third-order valence-electron chi connectivity index (χ3n) is 2.68. The first-order valence-corrected chi connectivity index (χ1v) is 6.31. The Balaban J connectivity index is 2.49. The van der Waals surface area contributed by atoms with E-state index in [1.165, 1.54) is 0 Å². The van der Waals surface area contributed by atoms with Gasteiger partial charge in [0.25, 0.3) is 0 Å². The van der Waals surface area contributed by atoms with Crippen LogP contribution in [0.2, 0.25) is 5.02 Å². The molecule has 0 fully saturated rings. The monoisotopic (exact) mass is 266 g/mol. The maximum Gasteiger partial charge on any atom is 0.122 e. The van der Waals surface area contributed by atoms with Crippen LogP contribution in [-0.4, -0.2) is 20.2 Å². The molecule has 0 aliphatic carbocycles. The minimum atomic E-state index is -0.335. The predicted octanol–water partition coefficient (Wildman–Crippen LogP) is 3.03. The van der Waals surface area contributed by atoms with Gasteiger partial charge in [0.2, 0.25) is 0 Å². The van der Waals surface area contributed by atoms with Crippen molar-refractivity contribution in [2.24, 2.45) is 5.41 Å². The van der Waals surface area contributed by atoms with Gasteiger partial charge < -0.3 is 10.1 Å². The number of halogens is 1. The topological polar surface area (TPSA) is 45.0 Å². The molecular weight excluding hydrogens is 248 g/mol. The van der Waals surface area contributed by atoms with Gasteiger partial charge in [0, 0.05) is 11.6 Å². The Kier molecular flexibility index (Phi) is 5.46. The first-order valence-electron chi connectivity index (χ1n) is 5.93. The fourth-order valence-electron chi connectivity index (χ4n) is 1.61. The Bertz CT molecular complexity index is 438. The van der Waals surface area contributed by atoms with E-state index in [0.29, 0.717) is 11.6 Å². The molecule has 0 amide bonds. The maximum atomic E-state index is 8.90. The van der Waals surface area contributed by atoms with Gasteiger partial charge in [0.15, 0.2) is 0 Å². The van der Waals surface area contributed by atoms with Crippen molar-refractivity contribution in [3.63, 3.8) is 0 Å². The lowest BCUT2D eigenvalue weighted by molar-refractivity contribution is 0.407. The van der Waals surface area contributed by atoms with Crippen LogP contribution in [0.4, 0.5) is 0 Å². The van der Waals surface area contributed by atoms with Crippen LogP contribution < -0.4 is 10.1 Å². The van der Waals surface area contributed by atoms with Crippen LogP contribution >= 0.6 is 11.6 Å². The zero-order valence-electron chi connectivity index (χ0n) is 11.1. The standard InChI is InChI=1S/C14H19ClN2O/c1-14(2,9-16)10-17-7-6-11-8-12(15)4-5-13(11)18-3/h4-5,8,17H,6-7,10H2,1-3H3. The number of hydrogen-bond donors (Lipinski definition) is 1. The average Bonchev–Trinajstić information content (AvgIpc) is 2.35. The van der Waals surface area contributed by atoms with E-state index < -0.39 is 0 Å². The van der Waals surface area contributed by atoms with Crippen LogP contribution in [0.25, 0.3) is 0 Å². The molecule has 0 bridgehead atoms. The summed E-state index contributed by atoms with van der Waals surface area (Å²) in [5, 5.41) is 12.9. The maximum absolute atomic E-state index is 8.90. The van der Waals surface area contributed by atoms with Crippen LogP contribution in [-0.2, 0) is 6.42 Å². The van der Waals surface area contributed by atoms with Crippen molar-refractivity contribution in [2.45, 2.75) is 20.3 Å². The summed E-state index contributed by atoms with van der Waals surface area (Å²) in [5.41, 5.74) is 0.741. The summed E-state index contributed by atoms with van der Waals surface area (Å²) in [7, 11) is 1.65. The van der Waals surface area contributed by atoms with E-state index in [4.69, 9.17) is 21.6 Å². The lowest BCUT2D eigenvalue weighted by Crippen LogP contribution is -2.29. The number of benzene rings is 1. The van der Waals surface area contributed by atoms with E-state index in [0.717, 1.165) is 24.3 Å². The van der Waals surface area contributed by atoms with E-state index in [9.17, 15) is 0 Å². The summed E-state index contributed by atoms with van der Waals surface area (Å²) in [5.74, 6) is 0.848. The second-order valence-corrected chi connectivity index (χ2v) is 5.32. The Morgan fingerprint density at radius 3 is 2.78 bits per heavy atom. The van der Waals surface area contributed by atoms with Crippen molar-refractivity contribution >= 4 is 11.6 Å². The second-order valence-electron chi connectivity index (χ2n) is 4.88. The average molecular weight is 267 g/mol. The summed E-state index contributed by atoms with van der Waals surface area (Å²) in [4.78, 5) is 0. The van der Waals surface area contributed by atoms with Crippen molar-refractivity contribution in [2.75, 3.05) is 20.2 Å². The lowest BCUT2D eigenvalue weighted by atomic mass is 9.96. The Labute approximate surface area is 114 Å². The van der Waals surface area contributed by atoms with Crippen LogP contribution in [0.15, 0.2) is 18.2 Å². The molecule has 1 aromatic carbocycles. The van der Waals surface area contributed by atoms with Crippen molar-refractivity contribution in [3.8, 4) is 11.8 Å². The minimum absolute atomic E-state index is 0.335. The van der Waals surface area contributed by atoms with Crippen molar-refractivity contribution in [3.05, 3.63) is 28.8 Å². The molecule has 0 saturated heterocycles. The summed E-state index contributed by atoms with van der Waals surface area (Å²) < 4.78 is 5.28. The second kappa shape index (κ2) is 6.63. The van der Waals surface area contributed by atoms with E-state index in [2.05, 4.69) is 11.4 Å². The van der Waals surface area contributed by atoms with E-state index in [-0.39, 0.29) is 5.41 Å².